The van der Waals surface area contributed by atoms with Crippen LogP contribution in [0.3, 0.4) is 0 Å². The van der Waals surface area contributed by atoms with Crippen LogP contribution in [0.4, 0.5) is 10.1 Å². The highest BCUT2D eigenvalue weighted by molar-refractivity contribution is 7.92. The van der Waals surface area contributed by atoms with Crippen molar-refractivity contribution in [1.82, 2.24) is 5.32 Å². The molecule has 0 heterocycles. The van der Waals surface area contributed by atoms with Crippen LogP contribution in [0.1, 0.15) is 35.2 Å². The standard InChI is InChI=1S/C25H27FN2O3S/c1-17-5-12-23(13-6-17)32(30,31)28(24-14-7-18(2)15-19(24)3)16-25(29)27-20(4)21-8-10-22(26)11-9-21/h5-15,20H,16H2,1-4H3,(H,27,29). The number of halogens is 1. The lowest BCUT2D eigenvalue weighted by molar-refractivity contribution is -0.120. The maximum atomic E-state index is 13.5. The lowest BCUT2D eigenvalue weighted by Gasteiger charge is -2.26. The van der Waals surface area contributed by atoms with Gasteiger partial charge in [-0.05, 0) is 69.2 Å². The minimum atomic E-state index is -3.98. The fourth-order valence-electron chi connectivity index (χ4n) is 3.47. The van der Waals surface area contributed by atoms with Gasteiger partial charge in [-0.1, -0.05) is 47.5 Å². The van der Waals surface area contributed by atoms with Crippen LogP contribution in [0.25, 0.3) is 0 Å². The predicted octanol–water partition coefficient (Wildman–Crippen LogP) is 4.82. The normalized spacial score (nSPS) is 12.3. The van der Waals surface area contributed by atoms with Crippen molar-refractivity contribution < 1.29 is 17.6 Å². The van der Waals surface area contributed by atoms with Gasteiger partial charge >= 0.3 is 0 Å². The summed E-state index contributed by atoms with van der Waals surface area (Å²) in [5.41, 5.74) is 3.85. The van der Waals surface area contributed by atoms with E-state index in [1.54, 1.807) is 49.4 Å². The summed E-state index contributed by atoms with van der Waals surface area (Å²) in [4.78, 5) is 13.0. The number of nitrogens with zero attached hydrogens (tertiary/aromatic N) is 1. The van der Waals surface area contributed by atoms with Gasteiger partial charge in [0.1, 0.15) is 12.4 Å². The molecule has 0 spiro atoms. The van der Waals surface area contributed by atoms with E-state index in [2.05, 4.69) is 5.32 Å². The number of hydrogen-bond donors (Lipinski definition) is 1. The van der Waals surface area contributed by atoms with Crippen molar-refractivity contribution in [2.75, 3.05) is 10.8 Å². The Kier molecular flexibility index (Phi) is 6.99. The highest BCUT2D eigenvalue weighted by Gasteiger charge is 2.28. The van der Waals surface area contributed by atoms with E-state index in [1.165, 1.54) is 12.1 Å². The monoisotopic (exact) mass is 454 g/mol. The molecule has 0 aliphatic carbocycles. The quantitative estimate of drug-likeness (QED) is 0.556. The Hall–Kier alpha value is -3.19. The van der Waals surface area contributed by atoms with Crippen molar-refractivity contribution in [2.45, 2.75) is 38.6 Å². The van der Waals surface area contributed by atoms with E-state index in [-0.39, 0.29) is 17.3 Å². The topological polar surface area (TPSA) is 66.5 Å². The molecule has 0 aromatic heterocycles. The van der Waals surface area contributed by atoms with Crippen molar-refractivity contribution in [1.29, 1.82) is 0 Å². The number of nitrogens with one attached hydrogen (secondary N) is 1. The third-order valence-corrected chi connectivity index (χ3v) is 7.04. The fraction of sp³-hybridized carbons (Fsp3) is 0.240. The van der Waals surface area contributed by atoms with Crippen molar-refractivity contribution in [3.8, 4) is 0 Å². The Balaban J connectivity index is 1.92. The summed E-state index contributed by atoms with van der Waals surface area (Å²) in [5.74, 6) is -0.824. The average molecular weight is 455 g/mol. The molecule has 3 aromatic rings. The zero-order chi connectivity index (χ0) is 23.5. The first kappa shape index (κ1) is 23.5. The molecule has 168 valence electrons. The number of sulfonamides is 1. The molecule has 3 aromatic carbocycles. The van der Waals surface area contributed by atoms with Gasteiger partial charge in [-0.2, -0.15) is 0 Å². The second kappa shape index (κ2) is 9.53. The van der Waals surface area contributed by atoms with Gasteiger partial charge in [0.05, 0.1) is 16.6 Å². The molecule has 1 N–H and O–H groups in total. The Labute approximate surface area is 188 Å². The minimum absolute atomic E-state index is 0.113. The molecule has 1 amide bonds. The molecular formula is C25H27FN2O3S. The van der Waals surface area contributed by atoms with Crippen LogP contribution in [0.15, 0.2) is 71.6 Å². The molecule has 32 heavy (non-hydrogen) atoms. The van der Waals surface area contributed by atoms with E-state index in [0.717, 1.165) is 26.6 Å². The van der Waals surface area contributed by atoms with Gasteiger partial charge in [0.15, 0.2) is 0 Å². The Morgan fingerprint density at radius 1 is 0.938 bits per heavy atom. The van der Waals surface area contributed by atoms with Gasteiger partial charge in [0, 0.05) is 0 Å². The van der Waals surface area contributed by atoms with Gasteiger partial charge < -0.3 is 5.32 Å². The number of amides is 1. The molecule has 5 nitrogen and oxygen atoms in total. The van der Waals surface area contributed by atoms with Crippen molar-refractivity contribution in [3.63, 3.8) is 0 Å². The first-order valence-electron chi connectivity index (χ1n) is 10.3. The SMILES string of the molecule is Cc1ccc(S(=O)(=O)N(CC(=O)NC(C)c2ccc(F)cc2)c2ccc(C)cc2C)cc1. The van der Waals surface area contributed by atoms with Crippen LogP contribution in [0.5, 0.6) is 0 Å². The molecule has 0 fully saturated rings. The van der Waals surface area contributed by atoms with Crippen molar-refractivity contribution in [3.05, 3.63) is 94.8 Å². The molecule has 0 saturated carbocycles. The van der Waals surface area contributed by atoms with Crippen LogP contribution in [0.2, 0.25) is 0 Å². The van der Waals surface area contributed by atoms with E-state index in [1.807, 2.05) is 32.9 Å². The Bertz CT molecular complexity index is 1210. The Morgan fingerprint density at radius 2 is 1.53 bits per heavy atom. The molecule has 1 unspecified atom stereocenters. The Morgan fingerprint density at radius 3 is 2.12 bits per heavy atom. The number of carbonyl (C=O) groups is 1. The van der Waals surface area contributed by atoms with Gasteiger partial charge in [-0.25, -0.2) is 12.8 Å². The van der Waals surface area contributed by atoms with Crippen molar-refractivity contribution >= 4 is 21.6 Å². The largest absolute Gasteiger partial charge is 0.348 e. The summed E-state index contributed by atoms with van der Waals surface area (Å²) >= 11 is 0. The van der Waals surface area contributed by atoms with Crippen LogP contribution < -0.4 is 9.62 Å². The summed E-state index contributed by atoms with van der Waals surface area (Å²) in [5, 5.41) is 2.81. The van der Waals surface area contributed by atoms with Crippen LogP contribution in [-0.2, 0) is 14.8 Å². The molecule has 3 rings (SSSR count). The molecule has 0 aliphatic heterocycles. The van der Waals surface area contributed by atoms with E-state index in [4.69, 9.17) is 0 Å². The van der Waals surface area contributed by atoms with Crippen LogP contribution in [-0.4, -0.2) is 20.9 Å². The van der Waals surface area contributed by atoms with E-state index in [0.29, 0.717) is 5.69 Å². The van der Waals surface area contributed by atoms with Gasteiger partial charge in [-0.3, -0.25) is 9.10 Å². The summed E-state index contributed by atoms with van der Waals surface area (Å²) in [6, 6.07) is 17.4. The molecule has 0 aliphatic rings. The number of benzene rings is 3. The smallest absolute Gasteiger partial charge is 0.264 e. The zero-order valence-electron chi connectivity index (χ0n) is 18.6. The first-order valence-corrected chi connectivity index (χ1v) is 11.7. The second-order valence-corrected chi connectivity index (χ2v) is 9.82. The molecule has 1 atom stereocenters. The molecule has 7 heteroatoms. The third kappa shape index (κ3) is 5.34. The van der Waals surface area contributed by atoms with E-state index in [9.17, 15) is 17.6 Å². The highest BCUT2D eigenvalue weighted by atomic mass is 32.2. The minimum Gasteiger partial charge on any atom is -0.348 e. The number of anilines is 1. The van der Waals surface area contributed by atoms with Gasteiger partial charge in [0.25, 0.3) is 10.0 Å². The molecule has 0 radical (unpaired) electrons. The van der Waals surface area contributed by atoms with Gasteiger partial charge in [-0.15, -0.1) is 0 Å². The first-order chi connectivity index (χ1) is 15.1. The van der Waals surface area contributed by atoms with Gasteiger partial charge in [0.2, 0.25) is 5.91 Å². The molecule has 0 bridgehead atoms. The number of carbonyl (C=O) groups excluding carboxylic acids is 1. The van der Waals surface area contributed by atoms with Crippen molar-refractivity contribution in [2.24, 2.45) is 0 Å². The van der Waals surface area contributed by atoms with E-state index < -0.39 is 22.0 Å². The summed E-state index contributed by atoms with van der Waals surface area (Å²) < 4.78 is 41.4. The number of rotatable bonds is 7. The lowest BCUT2D eigenvalue weighted by Crippen LogP contribution is -2.42. The fourth-order valence-corrected chi connectivity index (χ4v) is 4.96. The summed E-state index contributed by atoms with van der Waals surface area (Å²) in [6.07, 6.45) is 0. The maximum Gasteiger partial charge on any atom is 0.264 e. The van der Waals surface area contributed by atoms with E-state index >= 15 is 0 Å². The lowest BCUT2D eigenvalue weighted by atomic mass is 10.1. The van der Waals surface area contributed by atoms with Crippen LogP contribution in [0, 0.1) is 26.6 Å². The molecule has 0 saturated heterocycles. The van der Waals surface area contributed by atoms with Crippen LogP contribution >= 0.6 is 0 Å². The summed E-state index contributed by atoms with van der Waals surface area (Å²) in [6.45, 7) is 7.00. The summed E-state index contributed by atoms with van der Waals surface area (Å²) in [7, 11) is -3.98. The second-order valence-electron chi connectivity index (χ2n) is 7.96. The average Bonchev–Trinajstić information content (AvgIpc) is 2.73. The highest BCUT2D eigenvalue weighted by Crippen LogP contribution is 2.28. The maximum absolute atomic E-state index is 13.5. The zero-order valence-corrected chi connectivity index (χ0v) is 19.4. The number of hydrogen-bond acceptors (Lipinski definition) is 3. The predicted molar refractivity (Wildman–Crippen MR) is 125 cm³/mol. The third-order valence-electron chi connectivity index (χ3n) is 5.26. The molecular weight excluding hydrogens is 427 g/mol. The number of aryl methyl sites for hydroxylation is 3.